The molecule has 1 heterocycles. The van der Waals surface area contributed by atoms with Gasteiger partial charge in [-0.1, -0.05) is 13.8 Å². The number of hydrogen-bond donors (Lipinski definition) is 0. The maximum Gasteiger partial charge on any atom is 0.0886 e. The Morgan fingerprint density at radius 1 is 1.38 bits per heavy atom. The van der Waals surface area contributed by atoms with Gasteiger partial charge < -0.3 is 4.90 Å². The molecule has 0 radical (unpaired) electrons. The summed E-state index contributed by atoms with van der Waals surface area (Å²) in [5, 5.41) is 0. The third kappa shape index (κ3) is 3.23. The highest BCUT2D eigenvalue weighted by Crippen LogP contribution is 2.24. The Balaban J connectivity index is 0.000000671. The van der Waals surface area contributed by atoms with E-state index in [9.17, 15) is 0 Å². The topological polar surface area (TPSA) is 28.5 Å². The number of aromatic nitrogens is 1. The summed E-state index contributed by atoms with van der Waals surface area (Å²) >= 11 is 0. The Labute approximate surface area is 80.1 Å². The van der Waals surface area contributed by atoms with Crippen molar-refractivity contribution in [1.29, 1.82) is 0 Å². The van der Waals surface area contributed by atoms with Gasteiger partial charge in [-0.2, -0.15) is 0 Å². The van der Waals surface area contributed by atoms with Crippen LogP contribution in [0.5, 0.6) is 0 Å². The van der Waals surface area contributed by atoms with Gasteiger partial charge in [0, 0.05) is 20.3 Å². The quantitative estimate of drug-likeness (QED) is 0.652. The van der Waals surface area contributed by atoms with Gasteiger partial charge >= 0.3 is 0 Å². The van der Waals surface area contributed by atoms with Gasteiger partial charge in [0.25, 0.3) is 0 Å². The first-order chi connectivity index (χ1) is 6.25. The van der Waals surface area contributed by atoms with Crippen LogP contribution in [0.2, 0.25) is 0 Å². The van der Waals surface area contributed by atoms with Crippen molar-refractivity contribution in [3.05, 3.63) is 18.5 Å². The molecule has 0 saturated carbocycles. The number of nitrogens with zero attached hydrogens (tertiary/aromatic N) is 3. The monoisotopic (exact) mass is 179 g/mol. The largest absolute Gasteiger partial charge is 0.375 e. The summed E-state index contributed by atoms with van der Waals surface area (Å²) in [7, 11) is 3.90. The summed E-state index contributed by atoms with van der Waals surface area (Å²) in [5.41, 5.74) is 1.85. The smallest absolute Gasteiger partial charge is 0.0886 e. The van der Waals surface area contributed by atoms with Crippen LogP contribution in [0.1, 0.15) is 13.8 Å². The molecule has 0 spiro atoms. The van der Waals surface area contributed by atoms with E-state index in [1.165, 1.54) is 0 Å². The highest BCUT2D eigenvalue weighted by Gasteiger charge is 1.99. The van der Waals surface area contributed by atoms with Crippen molar-refractivity contribution in [2.45, 2.75) is 13.8 Å². The Morgan fingerprint density at radius 2 is 2.00 bits per heavy atom. The lowest BCUT2D eigenvalue weighted by Gasteiger charge is -2.13. The zero-order chi connectivity index (χ0) is 10.3. The van der Waals surface area contributed by atoms with Crippen LogP contribution in [0.4, 0.5) is 11.4 Å². The van der Waals surface area contributed by atoms with Crippen LogP contribution in [0.25, 0.3) is 0 Å². The maximum absolute atomic E-state index is 3.99. The Bertz CT molecular complexity index is 256. The number of aliphatic imine (C=N–C) groups is 1. The van der Waals surface area contributed by atoms with Crippen molar-refractivity contribution < 1.29 is 0 Å². The molecular weight excluding hydrogens is 162 g/mol. The predicted molar refractivity (Wildman–Crippen MR) is 59.1 cm³/mol. The molecule has 72 valence electrons. The molecule has 0 amide bonds. The minimum Gasteiger partial charge on any atom is -0.375 e. The molecule has 0 aliphatic carbocycles. The van der Waals surface area contributed by atoms with E-state index in [4.69, 9.17) is 0 Å². The zero-order valence-electron chi connectivity index (χ0n) is 8.78. The van der Waals surface area contributed by atoms with Crippen LogP contribution in [0.15, 0.2) is 23.5 Å². The first kappa shape index (κ1) is 11.6. The molecular formula is C10H17N3. The second-order valence-electron chi connectivity index (χ2n) is 2.42. The number of rotatable bonds is 2. The number of anilines is 1. The predicted octanol–water partition coefficient (Wildman–Crippen LogP) is 2.51. The number of hydrogen-bond acceptors (Lipinski definition) is 3. The second kappa shape index (κ2) is 6.17. The minimum atomic E-state index is 0.866. The average Bonchev–Trinajstić information content (AvgIpc) is 2.20. The summed E-state index contributed by atoms with van der Waals surface area (Å²) in [4.78, 5) is 9.80. The standard InChI is InChI=1S/C8H11N3.C2H6/c1-9-7-4-5-10-6-8(7)11(2)3;1-2/h4-6H,1H2,2-3H3;1-2H3. The summed E-state index contributed by atoms with van der Waals surface area (Å²) < 4.78 is 0. The molecule has 0 aliphatic rings. The molecule has 0 aromatic carbocycles. The normalized spacial score (nSPS) is 8.31. The summed E-state index contributed by atoms with van der Waals surface area (Å²) in [6, 6.07) is 1.84. The highest BCUT2D eigenvalue weighted by molar-refractivity contribution is 5.66. The molecule has 0 N–H and O–H groups in total. The molecule has 1 aromatic heterocycles. The van der Waals surface area contributed by atoms with Crippen LogP contribution in [0.3, 0.4) is 0 Å². The SMILES string of the molecule is C=Nc1ccncc1N(C)C.CC. The fourth-order valence-electron chi connectivity index (χ4n) is 0.857. The Hall–Kier alpha value is -1.38. The van der Waals surface area contributed by atoms with Gasteiger partial charge in [-0.05, 0) is 12.8 Å². The molecule has 13 heavy (non-hydrogen) atoms. The van der Waals surface area contributed by atoms with Gasteiger partial charge in [-0.25, -0.2) is 0 Å². The summed E-state index contributed by atoms with van der Waals surface area (Å²) in [5.74, 6) is 0. The first-order valence-corrected chi connectivity index (χ1v) is 4.33. The van der Waals surface area contributed by atoms with Crippen molar-refractivity contribution >= 4 is 18.1 Å². The summed E-state index contributed by atoms with van der Waals surface area (Å²) in [6.45, 7) is 7.47. The van der Waals surface area contributed by atoms with Gasteiger partial charge in [0.1, 0.15) is 0 Å². The van der Waals surface area contributed by atoms with E-state index in [0.717, 1.165) is 11.4 Å². The van der Waals surface area contributed by atoms with Crippen LogP contribution in [-0.4, -0.2) is 25.8 Å². The van der Waals surface area contributed by atoms with E-state index >= 15 is 0 Å². The molecule has 0 unspecified atom stereocenters. The van der Waals surface area contributed by atoms with E-state index in [1.807, 2.05) is 38.9 Å². The van der Waals surface area contributed by atoms with Gasteiger partial charge in [-0.15, -0.1) is 0 Å². The molecule has 0 saturated heterocycles. The molecule has 0 aliphatic heterocycles. The molecule has 3 nitrogen and oxygen atoms in total. The van der Waals surface area contributed by atoms with Crippen LogP contribution in [-0.2, 0) is 0 Å². The minimum absolute atomic E-state index is 0.866. The average molecular weight is 179 g/mol. The van der Waals surface area contributed by atoms with Crippen LogP contribution < -0.4 is 4.90 Å². The maximum atomic E-state index is 3.99. The van der Waals surface area contributed by atoms with Gasteiger partial charge in [0.05, 0.1) is 17.6 Å². The van der Waals surface area contributed by atoms with E-state index < -0.39 is 0 Å². The van der Waals surface area contributed by atoms with Crippen LogP contribution >= 0.6 is 0 Å². The third-order valence-electron chi connectivity index (χ3n) is 1.43. The Kier molecular flexibility index (Phi) is 5.52. The lowest BCUT2D eigenvalue weighted by atomic mass is 10.3. The van der Waals surface area contributed by atoms with Gasteiger partial charge in [0.2, 0.25) is 0 Å². The lowest BCUT2D eigenvalue weighted by molar-refractivity contribution is 1.11. The van der Waals surface area contributed by atoms with Crippen molar-refractivity contribution in [2.75, 3.05) is 19.0 Å². The summed E-state index contributed by atoms with van der Waals surface area (Å²) in [6.07, 6.45) is 3.47. The molecule has 0 bridgehead atoms. The Morgan fingerprint density at radius 3 is 2.38 bits per heavy atom. The highest BCUT2D eigenvalue weighted by atomic mass is 15.1. The van der Waals surface area contributed by atoms with Gasteiger partial charge in [-0.3, -0.25) is 9.98 Å². The molecule has 0 fully saturated rings. The molecule has 0 atom stereocenters. The first-order valence-electron chi connectivity index (χ1n) is 4.33. The van der Waals surface area contributed by atoms with Crippen molar-refractivity contribution in [2.24, 2.45) is 4.99 Å². The van der Waals surface area contributed by atoms with E-state index in [0.29, 0.717) is 0 Å². The van der Waals surface area contributed by atoms with Gasteiger partial charge in [0.15, 0.2) is 0 Å². The van der Waals surface area contributed by atoms with E-state index in [-0.39, 0.29) is 0 Å². The fraction of sp³-hybridized carbons (Fsp3) is 0.400. The molecule has 3 heteroatoms. The van der Waals surface area contributed by atoms with Crippen LogP contribution in [0, 0.1) is 0 Å². The van der Waals surface area contributed by atoms with Crippen molar-refractivity contribution in [1.82, 2.24) is 4.98 Å². The van der Waals surface area contributed by atoms with E-state index in [1.54, 1.807) is 12.4 Å². The zero-order valence-corrected chi connectivity index (χ0v) is 8.78. The molecule has 1 aromatic rings. The molecule has 1 rings (SSSR count). The van der Waals surface area contributed by atoms with Crippen molar-refractivity contribution in [3.63, 3.8) is 0 Å². The number of pyridine rings is 1. The van der Waals surface area contributed by atoms with Crippen molar-refractivity contribution in [3.8, 4) is 0 Å². The lowest BCUT2D eigenvalue weighted by Crippen LogP contribution is -2.08. The fourth-order valence-corrected chi connectivity index (χ4v) is 0.857. The van der Waals surface area contributed by atoms with E-state index in [2.05, 4.69) is 16.7 Å². The second-order valence-corrected chi connectivity index (χ2v) is 2.42. The third-order valence-corrected chi connectivity index (χ3v) is 1.43.